The van der Waals surface area contributed by atoms with Crippen LogP contribution in [0.2, 0.25) is 0 Å². The maximum absolute atomic E-state index is 2.39. The molecule has 0 aliphatic rings. The molecule has 0 fully saturated rings. The molecule has 0 N–H and O–H groups in total. The topological polar surface area (TPSA) is 0 Å². The van der Waals surface area contributed by atoms with Crippen molar-refractivity contribution in [3.8, 4) is 0 Å². The Labute approximate surface area is 128 Å². The SMILES string of the molecule is C/C=C/CCCCCC/C=C/CCCCCC/C=C/C. The highest BCUT2D eigenvalue weighted by molar-refractivity contribution is 4.81. The second-order valence-corrected chi connectivity index (χ2v) is 5.59. The van der Waals surface area contributed by atoms with E-state index in [0.717, 1.165) is 0 Å². The van der Waals surface area contributed by atoms with Gasteiger partial charge in [-0.05, 0) is 65.2 Å². The van der Waals surface area contributed by atoms with E-state index in [2.05, 4.69) is 50.3 Å². The Hall–Kier alpha value is -0.780. The molecule has 0 rings (SSSR count). The number of hydrogen-bond donors (Lipinski definition) is 0. The molecule has 0 atom stereocenters. The van der Waals surface area contributed by atoms with Crippen LogP contribution in [0.5, 0.6) is 0 Å². The first kappa shape index (κ1) is 19.2. The van der Waals surface area contributed by atoms with Crippen LogP contribution < -0.4 is 0 Å². The zero-order valence-corrected chi connectivity index (χ0v) is 13.9. The molecular formula is C20H36. The highest BCUT2D eigenvalue weighted by Crippen LogP contribution is 2.09. The Kier molecular flexibility index (Phi) is 17.5. The van der Waals surface area contributed by atoms with E-state index in [1.54, 1.807) is 0 Å². The quantitative estimate of drug-likeness (QED) is 0.229. The third-order valence-electron chi connectivity index (χ3n) is 3.62. The van der Waals surface area contributed by atoms with Gasteiger partial charge in [-0.2, -0.15) is 0 Å². The maximum atomic E-state index is 2.39. The number of hydrogen-bond acceptors (Lipinski definition) is 0. The highest BCUT2D eigenvalue weighted by atomic mass is 14.0. The van der Waals surface area contributed by atoms with E-state index in [-0.39, 0.29) is 0 Å². The molecule has 116 valence electrons. The predicted molar refractivity (Wildman–Crippen MR) is 94.2 cm³/mol. The predicted octanol–water partition coefficient (Wildman–Crippen LogP) is 7.38. The lowest BCUT2D eigenvalue weighted by Crippen LogP contribution is -1.78. The molecule has 0 unspecified atom stereocenters. The molecular weight excluding hydrogens is 240 g/mol. The summed E-state index contributed by atoms with van der Waals surface area (Å²) in [5.41, 5.74) is 0. The summed E-state index contributed by atoms with van der Waals surface area (Å²) >= 11 is 0. The van der Waals surface area contributed by atoms with E-state index >= 15 is 0 Å². The van der Waals surface area contributed by atoms with Crippen LogP contribution in [-0.2, 0) is 0 Å². The smallest absolute Gasteiger partial charge is 0.0351 e. The number of unbranched alkanes of at least 4 members (excludes halogenated alkanes) is 10. The van der Waals surface area contributed by atoms with Crippen LogP contribution in [0.3, 0.4) is 0 Å². The van der Waals surface area contributed by atoms with Crippen molar-refractivity contribution in [2.45, 2.75) is 90.9 Å². The Bertz CT molecular complexity index is 219. The van der Waals surface area contributed by atoms with Gasteiger partial charge in [-0.1, -0.05) is 62.1 Å². The summed E-state index contributed by atoms with van der Waals surface area (Å²) in [6.07, 6.45) is 29.8. The van der Waals surface area contributed by atoms with Crippen LogP contribution in [-0.4, -0.2) is 0 Å². The van der Waals surface area contributed by atoms with Crippen molar-refractivity contribution in [1.82, 2.24) is 0 Å². The Morgan fingerprint density at radius 3 is 1.00 bits per heavy atom. The van der Waals surface area contributed by atoms with Crippen molar-refractivity contribution in [3.63, 3.8) is 0 Å². The van der Waals surface area contributed by atoms with Gasteiger partial charge in [-0.25, -0.2) is 0 Å². The molecule has 20 heavy (non-hydrogen) atoms. The lowest BCUT2D eigenvalue weighted by molar-refractivity contribution is 0.645. The normalized spacial score (nSPS) is 12.3. The van der Waals surface area contributed by atoms with Gasteiger partial charge in [0.1, 0.15) is 0 Å². The molecule has 0 radical (unpaired) electrons. The minimum Gasteiger partial charge on any atom is -0.0917 e. The van der Waals surface area contributed by atoms with Gasteiger partial charge in [0, 0.05) is 0 Å². The standard InChI is InChI=1S/C20H36/c1-3-5-7-9-11-13-15-17-19-20-18-16-14-12-10-8-6-4-2/h3-6,19-20H,7-18H2,1-2H3/b5-3+,6-4+,20-19+. The number of allylic oxidation sites excluding steroid dienone is 6. The van der Waals surface area contributed by atoms with Gasteiger partial charge in [0.05, 0.1) is 0 Å². The van der Waals surface area contributed by atoms with Crippen molar-refractivity contribution in [2.24, 2.45) is 0 Å². The fourth-order valence-corrected chi connectivity index (χ4v) is 2.32. The average molecular weight is 277 g/mol. The van der Waals surface area contributed by atoms with Gasteiger partial charge >= 0.3 is 0 Å². The second kappa shape index (κ2) is 18.2. The van der Waals surface area contributed by atoms with Crippen LogP contribution in [0.15, 0.2) is 36.5 Å². The first-order valence-electron chi connectivity index (χ1n) is 8.79. The largest absolute Gasteiger partial charge is 0.0917 e. The van der Waals surface area contributed by atoms with Crippen LogP contribution in [0, 0.1) is 0 Å². The van der Waals surface area contributed by atoms with Gasteiger partial charge in [-0.3, -0.25) is 0 Å². The van der Waals surface area contributed by atoms with Crippen molar-refractivity contribution >= 4 is 0 Å². The molecule has 0 saturated carbocycles. The Morgan fingerprint density at radius 2 is 0.700 bits per heavy atom. The van der Waals surface area contributed by atoms with E-state index in [4.69, 9.17) is 0 Å². The first-order chi connectivity index (χ1) is 9.91. The summed E-state index contributed by atoms with van der Waals surface area (Å²) in [5, 5.41) is 0. The maximum Gasteiger partial charge on any atom is -0.0351 e. The third kappa shape index (κ3) is 17.2. The molecule has 0 heterocycles. The molecule has 0 aromatic rings. The summed E-state index contributed by atoms with van der Waals surface area (Å²) < 4.78 is 0. The Morgan fingerprint density at radius 1 is 0.400 bits per heavy atom. The van der Waals surface area contributed by atoms with Crippen LogP contribution in [0.1, 0.15) is 90.9 Å². The summed E-state index contributed by atoms with van der Waals surface area (Å²) in [7, 11) is 0. The van der Waals surface area contributed by atoms with E-state index < -0.39 is 0 Å². The fraction of sp³-hybridized carbons (Fsp3) is 0.700. The molecule has 0 bridgehead atoms. The fourth-order valence-electron chi connectivity index (χ4n) is 2.32. The molecule has 0 saturated heterocycles. The molecule has 0 nitrogen and oxygen atoms in total. The highest BCUT2D eigenvalue weighted by Gasteiger charge is 1.89. The summed E-state index contributed by atoms with van der Waals surface area (Å²) in [6.45, 7) is 4.21. The van der Waals surface area contributed by atoms with Crippen molar-refractivity contribution in [2.75, 3.05) is 0 Å². The first-order valence-corrected chi connectivity index (χ1v) is 8.79. The summed E-state index contributed by atoms with van der Waals surface area (Å²) in [4.78, 5) is 0. The van der Waals surface area contributed by atoms with E-state index in [9.17, 15) is 0 Å². The van der Waals surface area contributed by atoms with Crippen molar-refractivity contribution < 1.29 is 0 Å². The summed E-state index contributed by atoms with van der Waals surface area (Å²) in [5.74, 6) is 0. The zero-order chi connectivity index (χ0) is 14.7. The molecule has 0 amide bonds. The van der Waals surface area contributed by atoms with Gasteiger partial charge < -0.3 is 0 Å². The van der Waals surface area contributed by atoms with Gasteiger partial charge in [-0.15, -0.1) is 0 Å². The third-order valence-corrected chi connectivity index (χ3v) is 3.62. The monoisotopic (exact) mass is 276 g/mol. The molecule has 0 aliphatic carbocycles. The minimum atomic E-state index is 1.26. The number of rotatable bonds is 14. The van der Waals surface area contributed by atoms with Crippen LogP contribution in [0.25, 0.3) is 0 Å². The average Bonchev–Trinajstić information content (AvgIpc) is 2.47. The molecule has 0 aromatic carbocycles. The lowest BCUT2D eigenvalue weighted by Gasteiger charge is -1.98. The van der Waals surface area contributed by atoms with Crippen molar-refractivity contribution in [1.29, 1.82) is 0 Å². The minimum absolute atomic E-state index is 1.26. The molecule has 0 heteroatoms. The van der Waals surface area contributed by atoms with E-state index in [1.165, 1.54) is 77.0 Å². The zero-order valence-electron chi connectivity index (χ0n) is 13.9. The van der Waals surface area contributed by atoms with Gasteiger partial charge in [0.15, 0.2) is 0 Å². The second-order valence-electron chi connectivity index (χ2n) is 5.59. The molecule has 0 aliphatic heterocycles. The molecule has 0 spiro atoms. The Balaban J connectivity index is 3.08. The van der Waals surface area contributed by atoms with Crippen molar-refractivity contribution in [3.05, 3.63) is 36.5 Å². The van der Waals surface area contributed by atoms with E-state index in [0.29, 0.717) is 0 Å². The summed E-state index contributed by atoms with van der Waals surface area (Å²) in [6, 6.07) is 0. The lowest BCUT2D eigenvalue weighted by atomic mass is 10.1. The van der Waals surface area contributed by atoms with Gasteiger partial charge in [0.25, 0.3) is 0 Å². The van der Waals surface area contributed by atoms with Gasteiger partial charge in [0.2, 0.25) is 0 Å². The molecule has 0 aromatic heterocycles. The van der Waals surface area contributed by atoms with Crippen LogP contribution >= 0.6 is 0 Å². The van der Waals surface area contributed by atoms with E-state index in [1.807, 2.05) is 0 Å². The van der Waals surface area contributed by atoms with Crippen LogP contribution in [0.4, 0.5) is 0 Å².